The Balaban J connectivity index is 1.68. The van der Waals surface area contributed by atoms with Crippen LogP contribution in [0, 0.1) is 10.1 Å². The average molecular weight is 329 g/mol. The van der Waals surface area contributed by atoms with Gasteiger partial charge < -0.3 is 10.6 Å². The van der Waals surface area contributed by atoms with E-state index < -0.39 is 4.92 Å². The molecule has 0 spiro atoms. The number of nitrogens with one attached hydrogen (secondary N) is 2. The van der Waals surface area contributed by atoms with Gasteiger partial charge in [0.1, 0.15) is 0 Å². The van der Waals surface area contributed by atoms with Crippen LogP contribution < -0.4 is 10.6 Å². The van der Waals surface area contributed by atoms with Gasteiger partial charge in [0.15, 0.2) is 0 Å². The fourth-order valence-electron chi connectivity index (χ4n) is 2.84. The number of amides is 1. The molecule has 1 amide bonds. The highest BCUT2D eigenvalue weighted by Crippen LogP contribution is 2.15. The highest BCUT2D eigenvalue weighted by atomic mass is 16.6. The van der Waals surface area contributed by atoms with Gasteiger partial charge in [-0.25, -0.2) is 4.68 Å². The first-order chi connectivity index (χ1) is 11.5. The number of benzene rings is 1. The number of nitro groups is 1. The molecule has 2 unspecified atom stereocenters. The maximum absolute atomic E-state index is 12.3. The zero-order valence-electron chi connectivity index (χ0n) is 13.3. The highest BCUT2D eigenvalue weighted by Gasteiger charge is 2.21. The third-order valence-electron chi connectivity index (χ3n) is 4.13. The third-order valence-corrected chi connectivity index (χ3v) is 4.13. The number of carbonyl (C=O) groups is 1. The number of rotatable bonds is 4. The van der Waals surface area contributed by atoms with Crippen LogP contribution in [0.5, 0.6) is 0 Å². The Kier molecular flexibility index (Phi) is 4.57. The van der Waals surface area contributed by atoms with Gasteiger partial charge in [-0.3, -0.25) is 14.9 Å². The molecule has 2 N–H and O–H groups in total. The Morgan fingerprint density at radius 2 is 2.17 bits per heavy atom. The summed E-state index contributed by atoms with van der Waals surface area (Å²) >= 11 is 0. The predicted octanol–water partition coefficient (Wildman–Crippen LogP) is 1.65. The second kappa shape index (κ2) is 6.79. The van der Waals surface area contributed by atoms with Crippen molar-refractivity contribution >= 4 is 11.6 Å². The van der Waals surface area contributed by atoms with E-state index in [1.807, 2.05) is 0 Å². The number of nitrogens with zero attached hydrogens (tertiary/aromatic N) is 3. The molecule has 2 atom stereocenters. The van der Waals surface area contributed by atoms with Crippen molar-refractivity contribution in [1.82, 2.24) is 20.4 Å². The zero-order valence-corrected chi connectivity index (χ0v) is 13.3. The van der Waals surface area contributed by atoms with E-state index in [4.69, 9.17) is 0 Å². The van der Waals surface area contributed by atoms with E-state index in [-0.39, 0.29) is 17.6 Å². The van der Waals surface area contributed by atoms with Crippen LogP contribution in [-0.2, 0) is 0 Å². The van der Waals surface area contributed by atoms with Gasteiger partial charge in [0.25, 0.3) is 11.6 Å². The monoisotopic (exact) mass is 329 g/mol. The standard InChI is InChI=1S/C16H19N5O3/c1-11-8-13(6-7-17-11)19-16(22)12-9-18-20(10-12)14-2-4-15(5-3-14)21(23)24/h2-5,9-11,13,17H,6-8H2,1H3,(H,19,22). The molecule has 8 heteroatoms. The summed E-state index contributed by atoms with van der Waals surface area (Å²) in [6.07, 6.45) is 4.94. The Morgan fingerprint density at radius 1 is 1.42 bits per heavy atom. The second-order valence-corrected chi connectivity index (χ2v) is 6.00. The molecule has 1 aromatic heterocycles. The highest BCUT2D eigenvalue weighted by molar-refractivity contribution is 5.94. The van der Waals surface area contributed by atoms with Crippen molar-refractivity contribution in [2.75, 3.05) is 6.54 Å². The Bertz CT molecular complexity index is 740. The molecule has 8 nitrogen and oxygen atoms in total. The molecule has 1 aliphatic heterocycles. The number of nitro benzene ring substituents is 1. The van der Waals surface area contributed by atoms with Gasteiger partial charge >= 0.3 is 0 Å². The number of hydrogen-bond acceptors (Lipinski definition) is 5. The largest absolute Gasteiger partial charge is 0.349 e. The van der Waals surface area contributed by atoms with E-state index in [1.54, 1.807) is 18.3 Å². The normalized spacial score (nSPS) is 20.5. The lowest BCUT2D eigenvalue weighted by atomic mass is 10.0. The van der Waals surface area contributed by atoms with Crippen molar-refractivity contribution in [2.45, 2.75) is 31.8 Å². The molecule has 0 bridgehead atoms. The smallest absolute Gasteiger partial charge is 0.269 e. The van der Waals surface area contributed by atoms with Crippen LogP contribution in [0.25, 0.3) is 5.69 Å². The van der Waals surface area contributed by atoms with Gasteiger partial charge in [0.05, 0.1) is 22.4 Å². The summed E-state index contributed by atoms with van der Waals surface area (Å²) in [4.78, 5) is 22.6. The first kappa shape index (κ1) is 16.1. The summed E-state index contributed by atoms with van der Waals surface area (Å²) in [5.41, 5.74) is 1.15. The lowest BCUT2D eigenvalue weighted by Crippen LogP contribution is -2.46. The van der Waals surface area contributed by atoms with E-state index >= 15 is 0 Å². The van der Waals surface area contributed by atoms with Crippen LogP contribution in [0.2, 0.25) is 0 Å². The average Bonchev–Trinajstić information content (AvgIpc) is 3.05. The molecule has 3 rings (SSSR count). The summed E-state index contributed by atoms with van der Waals surface area (Å²) in [5, 5.41) is 21.2. The van der Waals surface area contributed by atoms with Crippen LogP contribution in [0.1, 0.15) is 30.1 Å². The molecule has 1 aliphatic rings. The van der Waals surface area contributed by atoms with Crippen molar-refractivity contribution in [1.29, 1.82) is 0 Å². The van der Waals surface area contributed by atoms with Gasteiger partial charge in [-0.1, -0.05) is 0 Å². The molecule has 24 heavy (non-hydrogen) atoms. The molecule has 1 aromatic carbocycles. The van der Waals surface area contributed by atoms with E-state index in [1.165, 1.54) is 23.0 Å². The Labute approximate surface area is 139 Å². The van der Waals surface area contributed by atoms with Crippen LogP contribution >= 0.6 is 0 Å². The first-order valence-electron chi connectivity index (χ1n) is 7.86. The number of aromatic nitrogens is 2. The van der Waals surface area contributed by atoms with E-state index in [0.29, 0.717) is 17.3 Å². The van der Waals surface area contributed by atoms with E-state index in [9.17, 15) is 14.9 Å². The molecule has 126 valence electrons. The first-order valence-corrected chi connectivity index (χ1v) is 7.86. The van der Waals surface area contributed by atoms with Gasteiger partial charge in [-0.2, -0.15) is 5.10 Å². The van der Waals surface area contributed by atoms with E-state index in [2.05, 4.69) is 22.7 Å². The molecule has 2 heterocycles. The fraction of sp³-hybridized carbons (Fsp3) is 0.375. The lowest BCUT2D eigenvalue weighted by molar-refractivity contribution is -0.384. The minimum Gasteiger partial charge on any atom is -0.349 e. The van der Waals surface area contributed by atoms with Crippen LogP contribution in [0.4, 0.5) is 5.69 Å². The van der Waals surface area contributed by atoms with Gasteiger partial charge in [-0.15, -0.1) is 0 Å². The maximum atomic E-state index is 12.3. The van der Waals surface area contributed by atoms with Crippen molar-refractivity contribution in [2.24, 2.45) is 0 Å². The number of piperidine rings is 1. The van der Waals surface area contributed by atoms with Crippen molar-refractivity contribution in [3.05, 3.63) is 52.3 Å². The molecule has 1 saturated heterocycles. The van der Waals surface area contributed by atoms with Crippen molar-refractivity contribution < 1.29 is 9.72 Å². The number of hydrogen-bond donors (Lipinski definition) is 2. The topological polar surface area (TPSA) is 102 Å². The molecule has 0 aliphatic carbocycles. The van der Waals surface area contributed by atoms with Gasteiger partial charge in [0, 0.05) is 30.4 Å². The Hall–Kier alpha value is -2.74. The molecular weight excluding hydrogens is 310 g/mol. The number of carbonyl (C=O) groups excluding carboxylic acids is 1. The third kappa shape index (κ3) is 3.60. The van der Waals surface area contributed by atoms with Gasteiger partial charge in [-0.05, 0) is 38.4 Å². The fourth-order valence-corrected chi connectivity index (χ4v) is 2.84. The molecule has 1 fully saturated rings. The zero-order chi connectivity index (χ0) is 17.1. The molecule has 2 aromatic rings. The second-order valence-electron chi connectivity index (χ2n) is 6.00. The summed E-state index contributed by atoms with van der Waals surface area (Å²) in [6, 6.07) is 6.58. The van der Waals surface area contributed by atoms with Crippen LogP contribution in [-0.4, -0.2) is 39.2 Å². The van der Waals surface area contributed by atoms with Crippen molar-refractivity contribution in [3.63, 3.8) is 0 Å². The SMILES string of the molecule is CC1CC(NC(=O)c2cnn(-c3ccc([N+](=O)[O-])cc3)c2)CCN1. The Morgan fingerprint density at radius 3 is 2.83 bits per heavy atom. The molecule has 0 radical (unpaired) electrons. The quantitative estimate of drug-likeness (QED) is 0.656. The summed E-state index contributed by atoms with van der Waals surface area (Å²) in [6.45, 7) is 3.00. The molecular formula is C16H19N5O3. The minimum atomic E-state index is -0.453. The number of non-ortho nitro benzene ring substituents is 1. The minimum absolute atomic E-state index is 0.0175. The van der Waals surface area contributed by atoms with E-state index in [0.717, 1.165) is 19.4 Å². The van der Waals surface area contributed by atoms with Crippen LogP contribution in [0.3, 0.4) is 0 Å². The van der Waals surface area contributed by atoms with Gasteiger partial charge in [0.2, 0.25) is 0 Å². The summed E-state index contributed by atoms with van der Waals surface area (Å²) in [5.74, 6) is -0.151. The molecule has 0 saturated carbocycles. The lowest BCUT2D eigenvalue weighted by Gasteiger charge is -2.28. The van der Waals surface area contributed by atoms with Crippen LogP contribution in [0.15, 0.2) is 36.7 Å². The van der Waals surface area contributed by atoms with Crippen molar-refractivity contribution in [3.8, 4) is 5.69 Å². The summed E-state index contributed by atoms with van der Waals surface area (Å²) < 4.78 is 1.53. The summed E-state index contributed by atoms with van der Waals surface area (Å²) in [7, 11) is 0. The maximum Gasteiger partial charge on any atom is 0.269 e. The predicted molar refractivity (Wildman–Crippen MR) is 88.2 cm³/mol.